The number of hydrogen-bond donors (Lipinski definition) is 1. The standard InChI is InChI=1S/C17H22N2O4S2/c1-17(2)13-19(11-12-24-17)25(21,22)16-5-3-14(4-6-16)23-15-7-9-18(20)10-8-15/h3-9,20H,10-13H2,1-2H3. The molecule has 136 valence electrons. The Balaban J connectivity index is 1.72. The fraction of sp³-hybridized carbons (Fsp3) is 0.412. The second-order valence-corrected chi connectivity index (χ2v) is 10.3. The summed E-state index contributed by atoms with van der Waals surface area (Å²) in [5, 5.41) is 10.3. The van der Waals surface area contributed by atoms with E-state index in [9.17, 15) is 13.6 Å². The molecule has 3 rings (SSSR count). The van der Waals surface area contributed by atoms with Crippen molar-refractivity contribution in [2.75, 3.05) is 25.4 Å². The normalized spacial score (nSPS) is 21.1. The van der Waals surface area contributed by atoms with Crippen molar-refractivity contribution >= 4 is 21.8 Å². The first-order chi connectivity index (χ1) is 11.8. The molecule has 1 aromatic carbocycles. The van der Waals surface area contributed by atoms with Gasteiger partial charge in [-0.25, -0.2) is 8.42 Å². The molecule has 1 N–H and O–H groups in total. The monoisotopic (exact) mass is 382 g/mol. The topological polar surface area (TPSA) is 70.1 Å². The number of nitrogens with zero attached hydrogens (tertiary/aromatic N) is 2. The minimum atomic E-state index is -3.49. The van der Waals surface area contributed by atoms with E-state index in [1.165, 1.54) is 6.20 Å². The number of benzene rings is 1. The predicted molar refractivity (Wildman–Crippen MR) is 98.1 cm³/mol. The molecular formula is C17H22N2O4S2. The van der Waals surface area contributed by atoms with Gasteiger partial charge in [-0.05, 0) is 50.3 Å². The van der Waals surface area contributed by atoms with Crippen LogP contribution in [-0.4, -0.2) is 53.1 Å². The number of sulfonamides is 1. The van der Waals surface area contributed by atoms with Crippen LogP contribution in [0.25, 0.3) is 0 Å². The zero-order valence-electron chi connectivity index (χ0n) is 14.3. The maximum Gasteiger partial charge on any atom is 0.243 e. The number of thioether (sulfide) groups is 1. The molecule has 2 heterocycles. The lowest BCUT2D eigenvalue weighted by atomic mass is 10.2. The molecule has 1 saturated heterocycles. The van der Waals surface area contributed by atoms with Crippen molar-refractivity contribution in [1.29, 1.82) is 0 Å². The highest BCUT2D eigenvalue weighted by atomic mass is 32.2. The molecule has 2 aliphatic rings. The van der Waals surface area contributed by atoms with Gasteiger partial charge in [0.05, 0.1) is 11.4 Å². The lowest BCUT2D eigenvalue weighted by Gasteiger charge is -2.36. The Labute approximate surface area is 152 Å². The molecule has 0 bridgehead atoms. The van der Waals surface area contributed by atoms with Gasteiger partial charge in [-0.15, -0.1) is 0 Å². The maximum absolute atomic E-state index is 12.8. The van der Waals surface area contributed by atoms with Crippen LogP contribution in [0.3, 0.4) is 0 Å². The van der Waals surface area contributed by atoms with Gasteiger partial charge in [0, 0.05) is 29.8 Å². The molecule has 2 aliphatic heterocycles. The average molecular weight is 383 g/mol. The van der Waals surface area contributed by atoms with Crippen LogP contribution in [0.1, 0.15) is 13.8 Å². The Morgan fingerprint density at radius 2 is 1.96 bits per heavy atom. The Kier molecular flexibility index (Phi) is 5.15. The summed E-state index contributed by atoms with van der Waals surface area (Å²) in [6, 6.07) is 6.45. The average Bonchev–Trinajstić information content (AvgIpc) is 2.56. The molecule has 0 amide bonds. The van der Waals surface area contributed by atoms with Crippen molar-refractivity contribution in [1.82, 2.24) is 9.37 Å². The Morgan fingerprint density at radius 3 is 2.56 bits per heavy atom. The zero-order valence-corrected chi connectivity index (χ0v) is 15.9. The molecule has 1 aromatic rings. The highest BCUT2D eigenvalue weighted by Gasteiger charge is 2.34. The fourth-order valence-corrected chi connectivity index (χ4v) is 5.60. The van der Waals surface area contributed by atoms with Gasteiger partial charge >= 0.3 is 0 Å². The summed E-state index contributed by atoms with van der Waals surface area (Å²) in [5.74, 6) is 1.96. The first-order valence-electron chi connectivity index (χ1n) is 8.02. The van der Waals surface area contributed by atoms with Gasteiger partial charge in [-0.3, -0.25) is 10.3 Å². The van der Waals surface area contributed by atoms with E-state index in [1.807, 2.05) is 0 Å². The molecule has 0 saturated carbocycles. The van der Waals surface area contributed by atoms with E-state index < -0.39 is 10.0 Å². The smallest absolute Gasteiger partial charge is 0.243 e. The number of ether oxygens (including phenoxy) is 1. The van der Waals surface area contributed by atoms with Crippen LogP contribution in [0.5, 0.6) is 5.75 Å². The molecule has 0 aromatic heterocycles. The Morgan fingerprint density at radius 1 is 1.24 bits per heavy atom. The molecule has 0 aliphatic carbocycles. The number of hydrogen-bond acceptors (Lipinski definition) is 6. The van der Waals surface area contributed by atoms with Crippen LogP contribution < -0.4 is 4.74 Å². The molecule has 25 heavy (non-hydrogen) atoms. The summed E-state index contributed by atoms with van der Waals surface area (Å²) in [6.45, 7) is 5.52. The van der Waals surface area contributed by atoms with E-state index in [1.54, 1.807) is 52.5 Å². The van der Waals surface area contributed by atoms with E-state index in [4.69, 9.17) is 4.74 Å². The van der Waals surface area contributed by atoms with Gasteiger partial charge in [0.2, 0.25) is 10.0 Å². The predicted octanol–water partition coefficient (Wildman–Crippen LogP) is 2.68. The molecule has 1 fully saturated rings. The first kappa shape index (κ1) is 18.3. The lowest BCUT2D eigenvalue weighted by Crippen LogP contribution is -2.46. The quantitative estimate of drug-likeness (QED) is 0.863. The van der Waals surface area contributed by atoms with Gasteiger partial charge in [-0.1, -0.05) is 0 Å². The van der Waals surface area contributed by atoms with Gasteiger partial charge in [-0.2, -0.15) is 16.1 Å². The highest BCUT2D eigenvalue weighted by Crippen LogP contribution is 2.32. The third-order valence-electron chi connectivity index (χ3n) is 3.98. The zero-order chi connectivity index (χ0) is 18.1. The molecule has 0 radical (unpaired) electrons. The van der Waals surface area contributed by atoms with Crippen molar-refractivity contribution in [2.24, 2.45) is 0 Å². The summed E-state index contributed by atoms with van der Waals surface area (Å²) < 4.78 is 32.8. The molecule has 6 nitrogen and oxygen atoms in total. The van der Waals surface area contributed by atoms with Gasteiger partial charge in [0.25, 0.3) is 0 Å². The van der Waals surface area contributed by atoms with Crippen LogP contribution in [0, 0.1) is 0 Å². The van der Waals surface area contributed by atoms with E-state index in [2.05, 4.69) is 13.8 Å². The van der Waals surface area contributed by atoms with Crippen LogP contribution in [0.15, 0.2) is 53.3 Å². The minimum absolute atomic E-state index is 0.0747. The number of allylic oxidation sites excluding steroid dienone is 1. The van der Waals surface area contributed by atoms with E-state index in [0.717, 1.165) is 10.8 Å². The third-order valence-corrected chi connectivity index (χ3v) is 7.13. The largest absolute Gasteiger partial charge is 0.458 e. The minimum Gasteiger partial charge on any atom is -0.458 e. The molecule has 0 atom stereocenters. The summed E-state index contributed by atoms with van der Waals surface area (Å²) in [4.78, 5) is 0.275. The maximum atomic E-state index is 12.8. The molecular weight excluding hydrogens is 360 g/mol. The van der Waals surface area contributed by atoms with Gasteiger partial charge in [0.15, 0.2) is 0 Å². The van der Waals surface area contributed by atoms with Gasteiger partial charge in [0.1, 0.15) is 11.5 Å². The SMILES string of the molecule is CC1(C)CN(S(=O)(=O)c2ccc(OC3=CCN(O)C=C3)cc2)CCS1. The number of rotatable bonds is 4. The van der Waals surface area contributed by atoms with Crippen molar-refractivity contribution in [3.63, 3.8) is 0 Å². The van der Waals surface area contributed by atoms with E-state index in [-0.39, 0.29) is 9.64 Å². The van der Waals surface area contributed by atoms with Crippen molar-refractivity contribution in [3.8, 4) is 5.75 Å². The number of hydroxylamine groups is 2. The third kappa shape index (κ3) is 4.38. The van der Waals surface area contributed by atoms with Crippen LogP contribution in [0.4, 0.5) is 0 Å². The van der Waals surface area contributed by atoms with Crippen LogP contribution in [0.2, 0.25) is 0 Å². The summed E-state index contributed by atoms with van der Waals surface area (Å²) in [7, 11) is -3.49. The summed E-state index contributed by atoms with van der Waals surface area (Å²) >= 11 is 1.80. The Bertz CT molecular complexity index is 785. The first-order valence-corrected chi connectivity index (χ1v) is 10.4. The van der Waals surface area contributed by atoms with Crippen molar-refractivity contribution < 1.29 is 18.4 Å². The van der Waals surface area contributed by atoms with Crippen molar-refractivity contribution in [2.45, 2.75) is 23.5 Å². The second kappa shape index (κ2) is 7.03. The van der Waals surface area contributed by atoms with E-state index >= 15 is 0 Å². The van der Waals surface area contributed by atoms with Gasteiger partial charge < -0.3 is 4.74 Å². The molecule has 0 unspecified atom stereocenters. The van der Waals surface area contributed by atoms with Crippen LogP contribution >= 0.6 is 11.8 Å². The summed E-state index contributed by atoms with van der Waals surface area (Å²) in [6.07, 6.45) is 4.88. The lowest BCUT2D eigenvalue weighted by molar-refractivity contribution is -0.0315. The molecule has 8 heteroatoms. The highest BCUT2D eigenvalue weighted by molar-refractivity contribution is 8.00. The second-order valence-electron chi connectivity index (χ2n) is 6.56. The summed E-state index contributed by atoms with van der Waals surface area (Å²) in [5.41, 5.74) is 0. The van der Waals surface area contributed by atoms with Crippen LogP contribution in [-0.2, 0) is 10.0 Å². The fourth-order valence-electron chi connectivity index (χ4n) is 2.69. The molecule has 0 spiro atoms. The van der Waals surface area contributed by atoms with E-state index in [0.29, 0.717) is 31.1 Å². The van der Waals surface area contributed by atoms with Crippen molar-refractivity contribution in [3.05, 3.63) is 48.4 Å². The Hall–Kier alpha value is -1.48.